The SMILES string of the molecule is Cc1cc(C(=O)N2CC(NC(=O)Cc3cc(C)no3)C2)c2[nH]ncc2c1. The summed E-state index contributed by atoms with van der Waals surface area (Å²) in [4.78, 5) is 26.5. The first kappa shape index (κ1) is 16.3. The van der Waals surface area contributed by atoms with Gasteiger partial charge in [0.1, 0.15) is 5.76 Å². The first-order chi connectivity index (χ1) is 12.5. The summed E-state index contributed by atoms with van der Waals surface area (Å²) in [6.45, 7) is 4.74. The van der Waals surface area contributed by atoms with Crippen LogP contribution in [0.1, 0.15) is 27.4 Å². The van der Waals surface area contributed by atoms with Crippen LogP contribution in [0.2, 0.25) is 0 Å². The van der Waals surface area contributed by atoms with Gasteiger partial charge in [0.25, 0.3) is 5.91 Å². The molecule has 1 saturated heterocycles. The molecule has 1 aliphatic heterocycles. The number of aromatic nitrogens is 3. The zero-order valence-electron chi connectivity index (χ0n) is 14.6. The van der Waals surface area contributed by atoms with Gasteiger partial charge in [-0.05, 0) is 31.5 Å². The maximum absolute atomic E-state index is 12.8. The molecule has 3 heterocycles. The minimum Gasteiger partial charge on any atom is -0.361 e. The van der Waals surface area contributed by atoms with E-state index in [-0.39, 0.29) is 24.3 Å². The van der Waals surface area contributed by atoms with Crippen molar-refractivity contribution in [3.8, 4) is 0 Å². The molecule has 1 fully saturated rings. The number of rotatable bonds is 4. The van der Waals surface area contributed by atoms with Crippen LogP contribution in [-0.4, -0.2) is 51.2 Å². The zero-order valence-corrected chi connectivity index (χ0v) is 14.6. The molecule has 1 aromatic carbocycles. The molecule has 0 radical (unpaired) electrons. The molecule has 0 saturated carbocycles. The minimum absolute atomic E-state index is 0.0439. The van der Waals surface area contributed by atoms with Crippen LogP contribution in [0.4, 0.5) is 0 Å². The number of fused-ring (bicyclic) bond motifs is 1. The van der Waals surface area contributed by atoms with Gasteiger partial charge < -0.3 is 14.7 Å². The number of carbonyl (C=O) groups is 2. The molecule has 26 heavy (non-hydrogen) atoms. The van der Waals surface area contributed by atoms with Crippen LogP contribution in [0.15, 0.2) is 28.9 Å². The third-order valence-corrected chi connectivity index (χ3v) is 4.47. The molecule has 1 aliphatic rings. The second-order valence-electron chi connectivity index (χ2n) is 6.73. The predicted octanol–water partition coefficient (Wildman–Crippen LogP) is 1.35. The zero-order chi connectivity index (χ0) is 18.3. The average molecular weight is 353 g/mol. The fourth-order valence-electron chi connectivity index (χ4n) is 3.22. The van der Waals surface area contributed by atoms with Crippen molar-refractivity contribution in [2.45, 2.75) is 26.3 Å². The van der Waals surface area contributed by atoms with Crippen LogP contribution in [-0.2, 0) is 11.2 Å². The van der Waals surface area contributed by atoms with Crippen molar-refractivity contribution >= 4 is 22.7 Å². The van der Waals surface area contributed by atoms with Crippen LogP contribution >= 0.6 is 0 Å². The Kier molecular flexibility index (Phi) is 3.95. The van der Waals surface area contributed by atoms with E-state index in [0.717, 1.165) is 22.2 Å². The van der Waals surface area contributed by atoms with Gasteiger partial charge in [-0.25, -0.2) is 0 Å². The Balaban J connectivity index is 1.36. The Morgan fingerprint density at radius 2 is 2.12 bits per heavy atom. The van der Waals surface area contributed by atoms with Crippen molar-refractivity contribution in [1.82, 2.24) is 25.6 Å². The van der Waals surface area contributed by atoms with Crippen LogP contribution < -0.4 is 5.32 Å². The number of benzene rings is 1. The molecule has 2 aromatic heterocycles. The number of hydrogen-bond acceptors (Lipinski definition) is 5. The molecule has 2 amide bonds. The van der Waals surface area contributed by atoms with E-state index >= 15 is 0 Å². The normalized spacial score (nSPS) is 14.5. The summed E-state index contributed by atoms with van der Waals surface area (Å²) in [6.07, 6.45) is 1.86. The molecule has 0 spiro atoms. The maximum atomic E-state index is 12.8. The number of nitrogens with zero attached hydrogens (tertiary/aromatic N) is 3. The van der Waals surface area contributed by atoms with Crippen molar-refractivity contribution in [1.29, 1.82) is 0 Å². The van der Waals surface area contributed by atoms with Crippen molar-refractivity contribution in [2.24, 2.45) is 0 Å². The third kappa shape index (κ3) is 3.05. The summed E-state index contributed by atoms with van der Waals surface area (Å²) >= 11 is 0. The highest BCUT2D eigenvalue weighted by Crippen LogP contribution is 2.22. The first-order valence-corrected chi connectivity index (χ1v) is 8.44. The van der Waals surface area contributed by atoms with Gasteiger partial charge in [0, 0.05) is 24.5 Å². The molecule has 0 aliphatic carbocycles. The summed E-state index contributed by atoms with van der Waals surface area (Å²) < 4.78 is 5.05. The first-order valence-electron chi connectivity index (χ1n) is 8.44. The molecule has 8 nitrogen and oxygen atoms in total. The van der Waals surface area contributed by atoms with Gasteiger partial charge in [0.2, 0.25) is 5.91 Å². The minimum atomic E-state index is -0.134. The number of carbonyl (C=O) groups excluding carboxylic acids is 2. The number of aromatic amines is 1. The summed E-state index contributed by atoms with van der Waals surface area (Å²) in [6, 6.07) is 5.54. The van der Waals surface area contributed by atoms with E-state index < -0.39 is 0 Å². The molecule has 4 rings (SSSR count). The Bertz CT molecular complexity index is 984. The van der Waals surface area contributed by atoms with Crippen LogP contribution in [0.5, 0.6) is 0 Å². The fraction of sp³-hybridized carbons (Fsp3) is 0.333. The van der Waals surface area contributed by atoms with Gasteiger partial charge >= 0.3 is 0 Å². The lowest BCUT2D eigenvalue weighted by atomic mass is 10.0. The van der Waals surface area contributed by atoms with Crippen molar-refractivity contribution in [2.75, 3.05) is 13.1 Å². The molecule has 2 N–H and O–H groups in total. The van der Waals surface area contributed by atoms with E-state index in [1.54, 1.807) is 17.2 Å². The lowest BCUT2D eigenvalue weighted by molar-refractivity contribution is -0.122. The number of nitrogens with one attached hydrogen (secondary N) is 2. The quantitative estimate of drug-likeness (QED) is 0.737. The van der Waals surface area contributed by atoms with Gasteiger partial charge in [0.05, 0.1) is 35.4 Å². The maximum Gasteiger partial charge on any atom is 0.256 e. The summed E-state index contributed by atoms with van der Waals surface area (Å²) in [5, 5.41) is 14.5. The fourth-order valence-corrected chi connectivity index (χ4v) is 3.22. The Morgan fingerprint density at radius 1 is 1.31 bits per heavy atom. The van der Waals surface area contributed by atoms with Gasteiger partial charge in [-0.15, -0.1) is 0 Å². The highest BCUT2D eigenvalue weighted by atomic mass is 16.5. The smallest absolute Gasteiger partial charge is 0.256 e. The van der Waals surface area contributed by atoms with Crippen molar-refractivity contribution in [3.63, 3.8) is 0 Å². The van der Waals surface area contributed by atoms with Gasteiger partial charge in [-0.3, -0.25) is 14.7 Å². The predicted molar refractivity (Wildman–Crippen MR) is 93.6 cm³/mol. The third-order valence-electron chi connectivity index (χ3n) is 4.47. The Hall–Kier alpha value is -3.16. The standard InChI is InChI=1S/C18H19N5O3/c1-10-3-12-7-19-21-17(12)15(4-10)18(25)23-8-13(9-23)20-16(24)6-14-5-11(2)22-26-14/h3-5,7,13H,6,8-9H2,1-2H3,(H,19,21)(H,20,24). The number of H-pyrrole nitrogens is 1. The second-order valence-corrected chi connectivity index (χ2v) is 6.73. The molecule has 0 unspecified atom stereocenters. The van der Waals surface area contributed by atoms with Crippen LogP contribution in [0.3, 0.4) is 0 Å². The highest BCUT2D eigenvalue weighted by Gasteiger charge is 2.33. The van der Waals surface area contributed by atoms with E-state index in [2.05, 4.69) is 20.7 Å². The second kappa shape index (κ2) is 6.29. The van der Waals surface area contributed by atoms with E-state index in [9.17, 15) is 9.59 Å². The molecule has 0 bridgehead atoms. The highest BCUT2D eigenvalue weighted by molar-refractivity contribution is 6.06. The van der Waals surface area contributed by atoms with E-state index in [1.807, 2.05) is 26.0 Å². The number of amides is 2. The topological polar surface area (TPSA) is 104 Å². The van der Waals surface area contributed by atoms with Crippen molar-refractivity contribution in [3.05, 3.63) is 47.0 Å². The van der Waals surface area contributed by atoms with Gasteiger partial charge in [-0.1, -0.05) is 5.16 Å². The summed E-state index contributed by atoms with van der Waals surface area (Å²) in [5.41, 5.74) is 3.11. The lowest BCUT2D eigenvalue weighted by Crippen LogP contribution is -2.61. The van der Waals surface area contributed by atoms with Crippen LogP contribution in [0, 0.1) is 13.8 Å². The average Bonchev–Trinajstić information content (AvgIpc) is 3.17. The lowest BCUT2D eigenvalue weighted by Gasteiger charge is -2.39. The summed E-state index contributed by atoms with van der Waals surface area (Å²) in [7, 11) is 0. The molecule has 3 aromatic rings. The number of likely N-dealkylation sites (tertiary alicyclic amines) is 1. The monoisotopic (exact) mass is 353 g/mol. The van der Waals surface area contributed by atoms with Crippen molar-refractivity contribution < 1.29 is 14.1 Å². The molecule has 134 valence electrons. The van der Waals surface area contributed by atoms with Crippen LogP contribution in [0.25, 0.3) is 10.9 Å². The van der Waals surface area contributed by atoms with E-state index in [0.29, 0.717) is 24.4 Å². The molecule has 8 heteroatoms. The van der Waals surface area contributed by atoms with E-state index in [4.69, 9.17) is 4.52 Å². The van der Waals surface area contributed by atoms with Gasteiger partial charge in [-0.2, -0.15) is 5.10 Å². The molecular formula is C18H19N5O3. The van der Waals surface area contributed by atoms with Gasteiger partial charge in [0.15, 0.2) is 0 Å². The Labute approximate surface area is 149 Å². The molecular weight excluding hydrogens is 334 g/mol. The largest absolute Gasteiger partial charge is 0.361 e. The number of aryl methyl sites for hydroxylation is 2. The number of hydrogen-bond donors (Lipinski definition) is 2. The Morgan fingerprint density at radius 3 is 2.85 bits per heavy atom. The summed E-state index contributed by atoms with van der Waals surface area (Å²) in [5.74, 6) is 0.345. The molecule has 0 atom stereocenters. The van der Waals surface area contributed by atoms with E-state index in [1.165, 1.54) is 0 Å².